The van der Waals surface area contributed by atoms with E-state index in [4.69, 9.17) is 14.2 Å². The summed E-state index contributed by atoms with van der Waals surface area (Å²) in [4.78, 5) is 23.9. The van der Waals surface area contributed by atoms with Gasteiger partial charge in [0.1, 0.15) is 5.75 Å². The van der Waals surface area contributed by atoms with E-state index in [9.17, 15) is 9.59 Å². The van der Waals surface area contributed by atoms with Crippen molar-refractivity contribution >= 4 is 11.9 Å². The molecule has 182 valence electrons. The highest BCUT2D eigenvalue weighted by Crippen LogP contribution is 2.55. The molecule has 4 aliphatic carbocycles. The molecule has 0 spiro atoms. The van der Waals surface area contributed by atoms with Gasteiger partial charge in [0.2, 0.25) is 0 Å². The minimum absolute atomic E-state index is 0.161. The molecule has 4 bridgehead atoms. The molecule has 6 heteroatoms. The fourth-order valence-electron chi connectivity index (χ4n) is 6.81. The molecule has 1 aromatic rings. The van der Waals surface area contributed by atoms with Gasteiger partial charge in [0.25, 0.3) is 0 Å². The summed E-state index contributed by atoms with van der Waals surface area (Å²) in [5, 5.41) is 3.99. The lowest BCUT2D eigenvalue weighted by Crippen LogP contribution is -2.58. The Hall–Kier alpha value is -2.08. The van der Waals surface area contributed by atoms with Gasteiger partial charge in [0.05, 0.1) is 32.0 Å². The van der Waals surface area contributed by atoms with Gasteiger partial charge < -0.3 is 19.5 Å². The van der Waals surface area contributed by atoms with Gasteiger partial charge in [-0.1, -0.05) is 19.3 Å². The summed E-state index contributed by atoms with van der Waals surface area (Å²) in [5.74, 6) is 2.42. The van der Waals surface area contributed by atoms with E-state index >= 15 is 0 Å². The third-order valence-corrected chi connectivity index (χ3v) is 7.93. The number of rotatable bonds is 12. The van der Waals surface area contributed by atoms with Crippen LogP contribution in [0.2, 0.25) is 0 Å². The van der Waals surface area contributed by atoms with Crippen molar-refractivity contribution in [3.63, 3.8) is 0 Å². The summed E-state index contributed by atoms with van der Waals surface area (Å²) in [5.41, 5.74) is 0.821. The van der Waals surface area contributed by atoms with Crippen LogP contribution in [0.1, 0.15) is 91.3 Å². The Morgan fingerprint density at radius 3 is 2.06 bits per heavy atom. The molecule has 0 saturated heterocycles. The third-order valence-electron chi connectivity index (χ3n) is 7.93. The van der Waals surface area contributed by atoms with Gasteiger partial charge in [-0.25, -0.2) is 9.59 Å². The molecular formula is C27H39NO5. The van der Waals surface area contributed by atoms with Crippen LogP contribution in [0, 0.1) is 17.8 Å². The van der Waals surface area contributed by atoms with Gasteiger partial charge in [0, 0.05) is 5.54 Å². The zero-order chi connectivity index (χ0) is 23.3. The van der Waals surface area contributed by atoms with E-state index in [0.29, 0.717) is 17.9 Å². The molecule has 0 aromatic heterocycles. The van der Waals surface area contributed by atoms with Crippen molar-refractivity contribution < 1.29 is 23.8 Å². The average Bonchev–Trinajstić information content (AvgIpc) is 2.81. The van der Waals surface area contributed by atoms with Crippen LogP contribution in [0.15, 0.2) is 18.2 Å². The number of ether oxygens (including phenoxy) is 3. The first-order valence-electron chi connectivity index (χ1n) is 12.7. The lowest BCUT2D eigenvalue weighted by atomic mass is 9.53. The number of carbonyl (C=O) groups is 2. The molecule has 1 N–H and O–H groups in total. The Kier molecular flexibility index (Phi) is 7.94. The summed E-state index contributed by atoms with van der Waals surface area (Å²) < 4.78 is 15.3. The normalized spacial score (nSPS) is 27.4. The van der Waals surface area contributed by atoms with Gasteiger partial charge in [-0.3, -0.25) is 0 Å². The zero-order valence-corrected chi connectivity index (χ0v) is 20.2. The molecule has 5 rings (SSSR count). The molecule has 1 aromatic carbocycles. The van der Waals surface area contributed by atoms with Crippen LogP contribution in [0.5, 0.6) is 5.75 Å². The number of esters is 2. The summed E-state index contributed by atoms with van der Waals surface area (Å²) >= 11 is 0. The molecule has 4 fully saturated rings. The van der Waals surface area contributed by atoms with Crippen LogP contribution in [-0.2, 0) is 9.47 Å². The average molecular weight is 458 g/mol. The first kappa shape index (κ1) is 24.1. The second-order valence-electron chi connectivity index (χ2n) is 10.4. The van der Waals surface area contributed by atoms with Crippen molar-refractivity contribution in [3.8, 4) is 5.75 Å². The van der Waals surface area contributed by atoms with Crippen LogP contribution in [0.25, 0.3) is 0 Å². The molecule has 0 radical (unpaired) electrons. The number of carbonyl (C=O) groups excluding carboxylic acids is 2. The number of unbranched alkanes of at least 4 members (excludes halogenated alkanes) is 4. The van der Waals surface area contributed by atoms with Crippen molar-refractivity contribution in [2.45, 2.75) is 76.2 Å². The second kappa shape index (κ2) is 10.9. The molecular weight excluding hydrogens is 418 g/mol. The first-order chi connectivity index (χ1) is 16.0. The Balaban J connectivity index is 1.10. The van der Waals surface area contributed by atoms with Gasteiger partial charge in [-0.15, -0.1) is 0 Å². The molecule has 0 amide bonds. The van der Waals surface area contributed by atoms with Crippen LogP contribution < -0.4 is 10.1 Å². The number of hydrogen-bond acceptors (Lipinski definition) is 6. The SMILES string of the molecule is COC(=O)c1ccc(OCCCCCCCNC23CC4CC(CC(C4)C2)C3)cc1C(=O)OC. The molecule has 0 aliphatic heterocycles. The van der Waals surface area contributed by atoms with Crippen molar-refractivity contribution in [1.82, 2.24) is 5.32 Å². The van der Waals surface area contributed by atoms with Gasteiger partial charge in [-0.2, -0.15) is 0 Å². The van der Waals surface area contributed by atoms with Crippen LogP contribution in [0.4, 0.5) is 0 Å². The Morgan fingerprint density at radius 1 is 0.848 bits per heavy atom. The minimum atomic E-state index is -0.581. The fourth-order valence-corrected chi connectivity index (χ4v) is 6.81. The molecule has 0 unspecified atom stereocenters. The standard InChI is InChI=1S/C27H39NO5/c1-31-25(29)23-9-8-22(15-24(23)26(30)32-2)33-11-7-5-3-4-6-10-28-27-16-19-12-20(17-27)14-21(13-19)18-27/h8-9,15,19-21,28H,3-7,10-14,16-18H2,1-2H3. The third kappa shape index (κ3) is 5.89. The topological polar surface area (TPSA) is 73.9 Å². The molecule has 33 heavy (non-hydrogen) atoms. The van der Waals surface area contributed by atoms with E-state index < -0.39 is 11.9 Å². The van der Waals surface area contributed by atoms with Crippen LogP contribution in [0.3, 0.4) is 0 Å². The maximum Gasteiger partial charge on any atom is 0.338 e. The van der Waals surface area contributed by atoms with Crippen molar-refractivity contribution in [2.24, 2.45) is 17.8 Å². The number of methoxy groups -OCH3 is 2. The predicted octanol–water partition coefficient (Wildman–Crippen LogP) is 5.15. The summed E-state index contributed by atoms with van der Waals surface area (Å²) in [7, 11) is 2.57. The molecule has 0 heterocycles. The maximum absolute atomic E-state index is 12.0. The van der Waals surface area contributed by atoms with E-state index in [2.05, 4.69) is 5.32 Å². The fraction of sp³-hybridized carbons (Fsp3) is 0.704. The zero-order valence-electron chi connectivity index (χ0n) is 20.2. The van der Waals surface area contributed by atoms with Crippen LogP contribution in [-0.4, -0.2) is 44.8 Å². The first-order valence-corrected chi connectivity index (χ1v) is 12.7. The maximum atomic E-state index is 12.0. The van der Waals surface area contributed by atoms with E-state index in [1.807, 2.05) is 0 Å². The smallest absolute Gasteiger partial charge is 0.338 e. The quantitative estimate of drug-likeness (QED) is 0.346. The number of hydrogen-bond donors (Lipinski definition) is 1. The summed E-state index contributed by atoms with van der Waals surface area (Å²) in [6.07, 6.45) is 14.6. The monoisotopic (exact) mass is 457 g/mol. The Bertz CT molecular complexity index is 801. The van der Waals surface area contributed by atoms with Gasteiger partial charge in [-0.05, 0) is 93.9 Å². The summed E-state index contributed by atoms with van der Waals surface area (Å²) in [6, 6.07) is 4.78. The Labute approximate surface area is 197 Å². The lowest BCUT2D eigenvalue weighted by molar-refractivity contribution is -0.0196. The van der Waals surface area contributed by atoms with Crippen molar-refractivity contribution in [2.75, 3.05) is 27.4 Å². The number of benzene rings is 1. The lowest BCUT2D eigenvalue weighted by Gasteiger charge is -2.57. The van der Waals surface area contributed by atoms with Crippen molar-refractivity contribution in [1.29, 1.82) is 0 Å². The van der Waals surface area contributed by atoms with E-state index in [1.54, 1.807) is 18.2 Å². The minimum Gasteiger partial charge on any atom is -0.494 e. The van der Waals surface area contributed by atoms with Crippen molar-refractivity contribution in [3.05, 3.63) is 29.3 Å². The molecule has 4 aliphatic rings. The van der Waals surface area contributed by atoms with E-state index in [-0.39, 0.29) is 11.1 Å². The second-order valence-corrected chi connectivity index (χ2v) is 10.4. The molecule has 4 saturated carbocycles. The predicted molar refractivity (Wildman–Crippen MR) is 127 cm³/mol. The summed E-state index contributed by atoms with van der Waals surface area (Å²) in [6.45, 7) is 1.75. The number of nitrogens with one attached hydrogen (secondary N) is 1. The van der Waals surface area contributed by atoms with E-state index in [1.165, 1.54) is 72.0 Å². The highest BCUT2D eigenvalue weighted by atomic mass is 16.5. The molecule has 6 nitrogen and oxygen atoms in total. The molecule has 0 atom stereocenters. The van der Waals surface area contributed by atoms with Crippen LogP contribution >= 0.6 is 0 Å². The van der Waals surface area contributed by atoms with Gasteiger partial charge >= 0.3 is 11.9 Å². The van der Waals surface area contributed by atoms with Gasteiger partial charge in [0.15, 0.2) is 0 Å². The largest absolute Gasteiger partial charge is 0.494 e. The Morgan fingerprint density at radius 2 is 1.42 bits per heavy atom. The van der Waals surface area contributed by atoms with E-state index in [0.717, 1.165) is 37.1 Å². The highest BCUT2D eigenvalue weighted by molar-refractivity contribution is 6.03. The highest BCUT2D eigenvalue weighted by Gasteiger charge is 2.50.